The second-order valence-electron chi connectivity index (χ2n) is 5.12. The maximum Gasteiger partial charge on any atom is 0.123 e. The Morgan fingerprint density at radius 2 is 1.65 bits per heavy atom. The molecule has 0 spiro atoms. The predicted octanol–water partition coefficient (Wildman–Crippen LogP) is 3.02. The summed E-state index contributed by atoms with van der Waals surface area (Å²) in [6, 6.07) is 7.84. The van der Waals surface area contributed by atoms with Crippen molar-refractivity contribution in [1.82, 2.24) is 9.97 Å². The minimum absolute atomic E-state index is 0.0337. The highest BCUT2D eigenvalue weighted by molar-refractivity contribution is 5.67. The van der Waals surface area contributed by atoms with Crippen LogP contribution in [0.25, 0.3) is 11.1 Å². The molecule has 3 nitrogen and oxygen atoms in total. The fourth-order valence-electron chi connectivity index (χ4n) is 1.81. The first-order valence-corrected chi connectivity index (χ1v) is 5.66. The van der Waals surface area contributed by atoms with Gasteiger partial charge in [-0.05, 0) is 29.8 Å². The van der Waals surface area contributed by atoms with Gasteiger partial charge >= 0.3 is 0 Å². The Kier molecular flexibility index (Phi) is 2.84. The molecule has 3 heteroatoms. The van der Waals surface area contributed by atoms with Crippen molar-refractivity contribution in [3.05, 3.63) is 42.4 Å². The number of hydrogen-bond donors (Lipinski definition) is 1. The van der Waals surface area contributed by atoms with Gasteiger partial charge in [-0.25, -0.2) is 4.98 Å². The number of nitrogen functional groups attached to an aromatic ring is 1. The summed E-state index contributed by atoms with van der Waals surface area (Å²) in [5.74, 6) is 0.563. The fraction of sp³-hybridized carbons (Fsp3) is 0.286. The highest BCUT2D eigenvalue weighted by Crippen LogP contribution is 2.31. The first-order valence-electron chi connectivity index (χ1n) is 5.66. The van der Waals surface area contributed by atoms with Crippen LogP contribution in [0.4, 0.5) is 5.82 Å². The molecule has 0 radical (unpaired) electrons. The van der Waals surface area contributed by atoms with Crippen molar-refractivity contribution in [3.8, 4) is 11.1 Å². The van der Waals surface area contributed by atoms with Crippen molar-refractivity contribution in [2.45, 2.75) is 26.2 Å². The van der Waals surface area contributed by atoms with Gasteiger partial charge in [0.25, 0.3) is 0 Å². The van der Waals surface area contributed by atoms with Gasteiger partial charge < -0.3 is 5.73 Å². The van der Waals surface area contributed by atoms with E-state index in [0.717, 1.165) is 16.8 Å². The third kappa shape index (κ3) is 2.44. The molecule has 2 heterocycles. The maximum atomic E-state index is 5.78. The van der Waals surface area contributed by atoms with Crippen LogP contribution in [0.3, 0.4) is 0 Å². The lowest BCUT2D eigenvalue weighted by molar-refractivity contribution is 0.572. The third-order valence-electron chi connectivity index (χ3n) is 2.62. The number of anilines is 1. The molecule has 2 N–H and O–H groups in total. The van der Waals surface area contributed by atoms with E-state index < -0.39 is 0 Å². The van der Waals surface area contributed by atoms with Gasteiger partial charge in [-0.1, -0.05) is 20.8 Å². The molecule has 0 aliphatic heterocycles. The summed E-state index contributed by atoms with van der Waals surface area (Å²) in [7, 11) is 0. The lowest BCUT2D eigenvalue weighted by Gasteiger charge is -2.22. The van der Waals surface area contributed by atoms with Crippen LogP contribution >= 0.6 is 0 Å². The number of hydrogen-bond acceptors (Lipinski definition) is 3. The average Bonchev–Trinajstić information content (AvgIpc) is 2.29. The van der Waals surface area contributed by atoms with Crippen molar-refractivity contribution < 1.29 is 0 Å². The number of pyridine rings is 2. The first-order chi connectivity index (χ1) is 7.98. The van der Waals surface area contributed by atoms with E-state index in [1.807, 2.05) is 24.3 Å². The van der Waals surface area contributed by atoms with E-state index >= 15 is 0 Å². The van der Waals surface area contributed by atoms with Crippen LogP contribution in [0.15, 0.2) is 36.7 Å². The summed E-state index contributed by atoms with van der Waals surface area (Å²) < 4.78 is 0. The van der Waals surface area contributed by atoms with Crippen LogP contribution in [0.1, 0.15) is 26.5 Å². The number of rotatable bonds is 1. The van der Waals surface area contributed by atoms with Gasteiger partial charge in [-0.3, -0.25) is 4.98 Å². The Bertz CT molecular complexity index is 513. The number of nitrogens with two attached hydrogens (primary N) is 1. The number of nitrogens with zero attached hydrogens (tertiary/aromatic N) is 2. The largest absolute Gasteiger partial charge is 0.384 e. The molecule has 0 saturated carbocycles. The van der Waals surface area contributed by atoms with Crippen LogP contribution in [0.2, 0.25) is 0 Å². The molecule has 0 aliphatic rings. The minimum Gasteiger partial charge on any atom is -0.384 e. The summed E-state index contributed by atoms with van der Waals surface area (Å²) in [6.07, 6.45) is 3.58. The topological polar surface area (TPSA) is 51.8 Å². The van der Waals surface area contributed by atoms with E-state index in [0.29, 0.717) is 5.82 Å². The molecule has 2 aromatic rings. The van der Waals surface area contributed by atoms with E-state index in [1.54, 1.807) is 12.4 Å². The van der Waals surface area contributed by atoms with Crippen molar-refractivity contribution in [3.63, 3.8) is 0 Å². The number of aromatic nitrogens is 2. The summed E-state index contributed by atoms with van der Waals surface area (Å²) in [5.41, 5.74) is 9.00. The second kappa shape index (κ2) is 4.17. The van der Waals surface area contributed by atoms with Gasteiger partial charge in [0.1, 0.15) is 5.82 Å². The van der Waals surface area contributed by atoms with E-state index in [-0.39, 0.29) is 5.41 Å². The van der Waals surface area contributed by atoms with Crippen LogP contribution in [-0.4, -0.2) is 9.97 Å². The van der Waals surface area contributed by atoms with Gasteiger partial charge in [-0.15, -0.1) is 0 Å². The normalized spacial score (nSPS) is 11.5. The lowest BCUT2D eigenvalue weighted by atomic mass is 9.86. The van der Waals surface area contributed by atoms with Gasteiger partial charge in [0.15, 0.2) is 0 Å². The SMILES string of the molecule is CC(C)(C)c1nc(N)ccc1-c1ccncc1. The Hall–Kier alpha value is -1.90. The molecule has 17 heavy (non-hydrogen) atoms. The molecule has 2 rings (SSSR count). The van der Waals surface area contributed by atoms with Gasteiger partial charge in [-0.2, -0.15) is 0 Å². The van der Waals surface area contributed by atoms with Crippen LogP contribution < -0.4 is 5.73 Å². The Morgan fingerprint density at radius 1 is 1.00 bits per heavy atom. The Labute approximate surface area is 102 Å². The molecule has 0 atom stereocenters. The summed E-state index contributed by atoms with van der Waals surface area (Å²) >= 11 is 0. The summed E-state index contributed by atoms with van der Waals surface area (Å²) in [5, 5.41) is 0. The Morgan fingerprint density at radius 3 is 2.24 bits per heavy atom. The molecule has 2 aromatic heterocycles. The van der Waals surface area contributed by atoms with Gasteiger partial charge in [0, 0.05) is 23.4 Å². The highest BCUT2D eigenvalue weighted by atomic mass is 14.8. The first kappa shape index (κ1) is 11.6. The molecular weight excluding hydrogens is 210 g/mol. The zero-order chi connectivity index (χ0) is 12.5. The van der Waals surface area contributed by atoms with E-state index in [9.17, 15) is 0 Å². The average molecular weight is 227 g/mol. The molecule has 0 aromatic carbocycles. The predicted molar refractivity (Wildman–Crippen MR) is 70.6 cm³/mol. The van der Waals surface area contributed by atoms with Crippen molar-refractivity contribution in [2.75, 3.05) is 5.73 Å². The van der Waals surface area contributed by atoms with Gasteiger partial charge in [0.05, 0.1) is 5.69 Å². The molecular formula is C14H17N3. The van der Waals surface area contributed by atoms with E-state index in [1.165, 1.54) is 0 Å². The molecule has 0 bridgehead atoms. The zero-order valence-corrected chi connectivity index (χ0v) is 10.4. The van der Waals surface area contributed by atoms with Crippen molar-refractivity contribution in [1.29, 1.82) is 0 Å². The summed E-state index contributed by atoms with van der Waals surface area (Å²) in [6.45, 7) is 6.42. The van der Waals surface area contributed by atoms with Crippen LogP contribution in [-0.2, 0) is 5.41 Å². The van der Waals surface area contributed by atoms with Crippen LogP contribution in [0.5, 0.6) is 0 Å². The molecule has 0 fully saturated rings. The maximum absolute atomic E-state index is 5.78. The lowest BCUT2D eigenvalue weighted by Crippen LogP contribution is -2.16. The zero-order valence-electron chi connectivity index (χ0n) is 10.4. The highest BCUT2D eigenvalue weighted by Gasteiger charge is 2.20. The molecule has 0 saturated heterocycles. The third-order valence-corrected chi connectivity index (χ3v) is 2.62. The molecule has 0 amide bonds. The molecule has 0 unspecified atom stereocenters. The van der Waals surface area contributed by atoms with Gasteiger partial charge in [0.2, 0.25) is 0 Å². The fourth-order valence-corrected chi connectivity index (χ4v) is 1.81. The smallest absolute Gasteiger partial charge is 0.123 e. The quantitative estimate of drug-likeness (QED) is 0.814. The minimum atomic E-state index is -0.0337. The molecule has 0 aliphatic carbocycles. The monoisotopic (exact) mass is 227 g/mol. The standard InChI is InChI=1S/C14H17N3/c1-14(2,3)13-11(4-5-12(15)17-13)10-6-8-16-9-7-10/h4-9H,1-3H3,(H2,15,17). The summed E-state index contributed by atoms with van der Waals surface area (Å²) in [4.78, 5) is 8.51. The van der Waals surface area contributed by atoms with Crippen LogP contribution in [0, 0.1) is 0 Å². The van der Waals surface area contributed by atoms with Crippen molar-refractivity contribution in [2.24, 2.45) is 0 Å². The van der Waals surface area contributed by atoms with E-state index in [2.05, 4.69) is 30.7 Å². The van der Waals surface area contributed by atoms with E-state index in [4.69, 9.17) is 5.73 Å². The van der Waals surface area contributed by atoms with Crippen molar-refractivity contribution >= 4 is 5.82 Å². The Balaban J connectivity index is 2.63. The second-order valence-corrected chi connectivity index (χ2v) is 5.12. The molecule has 88 valence electrons.